The van der Waals surface area contributed by atoms with E-state index < -0.39 is 0 Å². The maximum Gasteiger partial charge on any atom is 0.157 e. The number of hydrogen-bond acceptors (Lipinski definition) is 2. The fourth-order valence-electron chi connectivity index (χ4n) is 1.35. The topological polar surface area (TPSA) is 21.6 Å². The first-order valence-electron chi connectivity index (χ1n) is 4.20. The van der Waals surface area contributed by atoms with E-state index in [0.717, 1.165) is 22.7 Å². The van der Waals surface area contributed by atoms with Crippen LogP contribution in [0.3, 0.4) is 0 Å². The lowest BCUT2D eigenvalue weighted by molar-refractivity contribution is 0.0857. The first-order valence-corrected chi connectivity index (χ1v) is 4.58. The zero-order valence-corrected chi connectivity index (χ0v) is 8.08. The van der Waals surface area contributed by atoms with Gasteiger partial charge in [-0.2, -0.15) is 0 Å². The van der Waals surface area contributed by atoms with Crippen molar-refractivity contribution in [3.05, 3.63) is 34.9 Å². The quantitative estimate of drug-likeness (QED) is 0.675. The number of nitrogens with zero attached hydrogens (tertiary/aromatic N) is 1. The number of benzene rings is 1. The molecular weight excluding hydrogens is 186 g/mol. The third kappa shape index (κ3) is 1.83. The van der Waals surface area contributed by atoms with Crippen LogP contribution in [0.5, 0.6) is 0 Å². The van der Waals surface area contributed by atoms with E-state index in [0.29, 0.717) is 0 Å². The van der Waals surface area contributed by atoms with Gasteiger partial charge in [0.25, 0.3) is 0 Å². The first kappa shape index (κ1) is 8.57. The summed E-state index contributed by atoms with van der Waals surface area (Å²) in [7, 11) is 0. The van der Waals surface area contributed by atoms with Crippen molar-refractivity contribution in [1.82, 2.24) is 0 Å². The minimum atomic E-state index is 0.0808. The van der Waals surface area contributed by atoms with Crippen molar-refractivity contribution in [2.75, 3.05) is 0 Å². The van der Waals surface area contributed by atoms with Gasteiger partial charge in [-0.3, -0.25) is 0 Å². The Bertz CT molecular complexity index is 331. The van der Waals surface area contributed by atoms with Crippen molar-refractivity contribution in [2.45, 2.75) is 19.4 Å². The molecule has 2 rings (SSSR count). The molecule has 13 heavy (non-hydrogen) atoms. The molecule has 1 heterocycles. The van der Waals surface area contributed by atoms with E-state index in [9.17, 15) is 0 Å². The van der Waals surface area contributed by atoms with E-state index >= 15 is 0 Å². The fourth-order valence-corrected chi connectivity index (χ4v) is 1.48. The maximum atomic E-state index is 5.78. The van der Waals surface area contributed by atoms with Crippen LogP contribution in [0.15, 0.2) is 29.4 Å². The minimum Gasteiger partial charge on any atom is -0.387 e. The molecule has 0 bridgehead atoms. The Morgan fingerprint density at radius 2 is 2.08 bits per heavy atom. The van der Waals surface area contributed by atoms with E-state index in [4.69, 9.17) is 16.4 Å². The van der Waals surface area contributed by atoms with Crippen molar-refractivity contribution in [3.8, 4) is 0 Å². The van der Waals surface area contributed by atoms with E-state index in [1.54, 1.807) is 0 Å². The Morgan fingerprint density at radius 1 is 1.38 bits per heavy atom. The second-order valence-corrected chi connectivity index (χ2v) is 3.61. The molecule has 1 aromatic carbocycles. The molecule has 0 spiro atoms. The zero-order valence-electron chi connectivity index (χ0n) is 7.33. The van der Waals surface area contributed by atoms with Crippen LogP contribution in [0.25, 0.3) is 0 Å². The van der Waals surface area contributed by atoms with Crippen LogP contribution in [0.2, 0.25) is 5.02 Å². The van der Waals surface area contributed by atoms with Gasteiger partial charge in [0.1, 0.15) is 0 Å². The number of rotatable bonds is 1. The summed E-state index contributed by atoms with van der Waals surface area (Å²) in [6, 6.07) is 7.68. The van der Waals surface area contributed by atoms with Gasteiger partial charge in [0, 0.05) is 11.4 Å². The SMILES string of the molecule is CC1=NOC(c2ccc(Cl)cc2)C1. The molecule has 1 aromatic rings. The standard InChI is InChI=1S/C10H10ClNO/c1-7-6-10(13-12-7)8-2-4-9(11)5-3-8/h2-5,10H,6H2,1H3. The van der Waals surface area contributed by atoms with Crippen LogP contribution in [-0.2, 0) is 4.84 Å². The lowest BCUT2D eigenvalue weighted by Gasteiger charge is -2.07. The molecule has 0 radical (unpaired) electrons. The largest absolute Gasteiger partial charge is 0.387 e. The van der Waals surface area contributed by atoms with E-state index in [2.05, 4.69) is 5.16 Å². The molecule has 0 saturated heterocycles. The summed E-state index contributed by atoms with van der Waals surface area (Å²) < 4.78 is 0. The molecule has 68 valence electrons. The van der Waals surface area contributed by atoms with Crippen LogP contribution in [0.4, 0.5) is 0 Å². The Kier molecular flexibility index (Phi) is 2.23. The third-order valence-corrected chi connectivity index (χ3v) is 2.31. The molecule has 0 amide bonds. The normalized spacial score (nSPS) is 21.1. The van der Waals surface area contributed by atoms with Gasteiger partial charge in [0.15, 0.2) is 6.10 Å². The fraction of sp³-hybridized carbons (Fsp3) is 0.300. The molecule has 0 saturated carbocycles. The Morgan fingerprint density at radius 3 is 2.62 bits per heavy atom. The first-order chi connectivity index (χ1) is 6.25. The lowest BCUT2D eigenvalue weighted by Crippen LogP contribution is -1.96. The molecule has 0 fully saturated rings. The van der Waals surface area contributed by atoms with Crippen molar-refractivity contribution in [1.29, 1.82) is 0 Å². The highest BCUT2D eigenvalue weighted by Gasteiger charge is 2.19. The highest BCUT2D eigenvalue weighted by molar-refractivity contribution is 6.30. The molecule has 1 aliphatic rings. The number of halogens is 1. The van der Waals surface area contributed by atoms with Gasteiger partial charge in [-0.1, -0.05) is 28.9 Å². The Labute approximate surface area is 82.2 Å². The number of hydrogen-bond donors (Lipinski definition) is 0. The van der Waals surface area contributed by atoms with Crippen LogP contribution in [0, 0.1) is 0 Å². The van der Waals surface area contributed by atoms with Crippen molar-refractivity contribution in [3.63, 3.8) is 0 Å². The predicted molar refractivity (Wildman–Crippen MR) is 53.0 cm³/mol. The number of oxime groups is 1. The van der Waals surface area contributed by atoms with Crippen LogP contribution < -0.4 is 0 Å². The summed E-state index contributed by atoms with van der Waals surface area (Å²) in [5.74, 6) is 0. The molecule has 2 nitrogen and oxygen atoms in total. The highest BCUT2D eigenvalue weighted by atomic mass is 35.5. The summed E-state index contributed by atoms with van der Waals surface area (Å²) in [6.07, 6.45) is 0.957. The molecule has 1 atom stereocenters. The van der Waals surface area contributed by atoms with Gasteiger partial charge in [-0.05, 0) is 24.6 Å². The molecule has 3 heteroatoms. The Balaban J connectivity index is 2.14. The maximum absolute atomic E-state index is 5.78. The molecule has 1 aliphatic heterocycles. The summed E-state index contributed by atoms with van der Waals surface area (Å²) in [6.45, 7) is 1.97. The molecule has 0 aliphatic carbocycles. The van der Waals surface area contributed by atoms with E-state index in [-0.39, 0.29) is 6.10 Å². The summed E-state index contributed by atoms with van der Waals surface area (Å²) in [5, 5.41) is 4.65. The van der Waals surface area contributed by atoms with Crippen LogP contribution in [0.1, 0.15) is 25.0 Å². The molecular formula is C10H10ClNO. The second-order valence-electron chi connectivity index (χ2n) is 3.18. The van der Waals surface area contributed by atoms with Gasteiger partial charge in [-0.15, -0.1) is 0 Å². The molecule has 0 aromatic heterocycles. The van der Waals surface area contributed by atoms with Gasteiger partial charge < -0.3 is 4.84 Å². The highest BCUT2D eigenvalue weighted by Crippen LogP contribution is 2.27. The third-order valence-electron chi connectivity index (χ3n) is 2.06. The monoisotopic (exact) mass is 195 g/mol. The Hall–Kier alpha value is -1.02. The average Bonchev–Trinajstić information content (AvgIpc) is 2.53. The van der Waals surface area contributed by atoms with Crippen molar-refractivity contribution in [2.24, 2.45) is 5.16 Å². The van der Waals surface area contributed by atoms with Gasteiger partial charge in [0.05, 0.1) is 5.71 Å². The average molecular weight is 196 g/mol. The summed E-state index contributed by atoms with van der Waals surface area (Å²) in [4.78, 5) is 5.24. The van der Waals surface area contributed by atoms with Crippen LogP contribution in [-0.4, -0.2) is 5.71 Å². The predicted octanol–water partition coefficient (Wildman–Crippen LogP) is 3.18. The van der Waals surface area contributed by atoms with Crippen LogP contribution >= 0.6 is 11.6 Å². The molecule has 1 unspecified atom stereocenters. The second kappa shape index (κ2) is 3.38. The smallest absolute Gasteiger partial charge is 0.157 e. The summed E-state index contributed by atoms with van der Waals surface area (Å²) >= 11 is 5.78. The zero-order chi connectivity index (χ0) is 9.26. The van der Waals surface area contributed by atoms with Gasteiger partial charge in [-0.25, -0.2) is 0 Å². The van der Waals surface area contributed by atoms with E-state index in [1.807, 2.05) is 31.2 Å². The van der Waals surface area contributed by atoms with Crippen molar-refractivity contribution < 1.29 is 4.84 Å². The molecule has 0 N–H and O–H groups in total. The van der Waals surface area contributed by atoms with Gasteiger partial charge in [0.2, 0.25) is 0 Å². The minimum absolute atomic E-state index is 0.0808. The van der Waals surface area contributed by atoms with E-state index in [1.165, 1.54) is 0 Å². The van der Waals surface area contributed by atoms with Gasteiger partial charge >= 0.3 is 0 Å². The lowest BCUT2D eigenvalue weighted by atomic mass is 10.1. The summed E-state index contributed by atoms with van der Waals surface area (Å²) in [5.41, 5.74) is 2.17. The van der Waals surface area contributed by atoms with Crippen molar-refractivity contribution >= 4 is 17.3 Å².